The van der Waals surface area contributed by atoms with Crippen LogP contribution in [-0.2, 0) is 6.42 Å². The van der Waals surface area contributed by atoms with Gasteiger partial charge in [-0.2, -0.15) is 5.10 Å². The summed E-state index contributed by atoms with van der Waals surface area (Å²) in [7, 11) is 0. The van der Waals surface area contributed by atoms with Gasteiger partial charge in [-0.05, 0) is 18.6 Å². The van der Waals surface area contributed by atoms with Crippen molar-refractivity contribution in [3.8, 4) is 0 Å². The molecule has 0 aliphatic rings. The standard InChI is InChI=1S/C13H14N6O/c20-13(14-6-3-4-11-15-9-16-18-11)10-8-19-7-2-1-5-12(19)17-10/h1-2,5,7-9H,3-4,6H2,(H,14,20)(H,15,16,18). The Labute approximate surface area is 115 Å². The van der Waals surface area contributed by atoms with Gasteiger partial charge in [0.1, 0.15) is 23.5 Å². The van der Waals surface area contributed by atoms with Crippen LogP contribution < -0.4 is 5.32 Å². The smallest absolute Gasteiger partial charge is 0.271 e. The molecule has 1 amide bonds. The lowest BCUT2D eigenvalue weighted by molar-refractivity contribution is 0.0949. The summed E-state index contributed by atoms with van der Waals surface area (Å²) in [4.78, 5) is 20.2. The molecule has 0 fully saturated rings. The van der Waals surface area contributed by atoms with Crippen LogP contribution in [0.2, 0.25) is 0 Å². The highest BCUT2D eigenvalue weighted by molar-refractivity contribution is 5.92. The fraction of sp³-hybridized carbons (Fsp3) is 0.231. The molecule has 3 aromatic heterocycles. The Bertz CT molecular complexity index is 670. The predicted molar refractivity (Wildman–Crippen MR) is 72.2 cm³/mol. The molecule has 0 atom stereocenters. The van der Waals surface area contributed by atoms with Gasteiger partial charge in [-0.3, -0.25) is 9.89 Å². The second-order valence-electron chi connectivity index (χ2n) is 4.38. The quantitative estimate of drug-likeness (QED) is 0.672. The first-order valence-electron chi connectivity index (χ1n) is 6.39. The van der Waals surface area contributed by atoms with Crippen LogP contribution in [-0.4, -0.2) is 37.0 Å². The third kappa shape index (κ3) is 2.66. The molecule has 3 heterocycles. The summed E-state index contributed by atoms with van der Waals surface area (Å²) in [5.41, 5.74) is 1.19. The molecule has 0 aliphatic heterocycles. The van der Waals surface area contributed by atoms with E-state index in [1.165, 1.54) is 6.33 Å². The molecule has 3 aromatic rings. The number of carbonyl (C=O) groups is 1. The third-order valence-corrected chi connectivity index (χ3v) is 2.94. The largest absolute Gasteiger partial charge is 0.351 e. The zero-order chi connectivity index (χ0) is 13.8. The molecule has 3 rings (SSSR count). The molecule has 0 aromatic carbocycles. The number of pyridine rings is 1. The summed E-state index contributed by atoms with van der Waals surface area (Å²) in [5.74, 6) is 0.665. The van der Waals surface area contributed by atoms with Crippen LogP contribution in [0.5, 0.6) is 0 Å². The van der Waals surface area contributed by atoms with Crippen molar-refractivity contribution in [3.05, 3.63) is 48.4 Å². The van der Waals surface area contributed by atoms with Crippen molar-refractivity contribution in [1.82, 2.24) is 29.9 Å². The van der Waals surface area contributed by atoms with Crippen LogP contribution >= 0.6 is 0 Å². The Morgan fingerprint density at radius 2 is 2.35 bits per heavy atom. The molecule has 20 heavy (non-hydrogen) atoms. The molecule has 0 saturated heterocycles. The van der Waals surface area contributed by atoms with Crippen molar-refractivity contribution in [3.63, 3.8) is 0 Å². The number of hydrogen-bond acceptors (Lipinski definition) is 4. The Kier molecular flexibility index (Phi) is 3.40. The van der Waals surface area contributed by atoms with E-state index >= 15 is 0 Å². The van der Waals surface area contributed by atoms with Crippen molar-refractivity contribution < 1.29 is 4.79 Å². The summed E-state index contributed by atoms with van der Waals surface area (Å²) in [5, 5.41) is 9.40. The Hall–Kier alpha value is -2.70. The summed E-state index contributed by atoms with van der Waals surface area (Å²) < 4.78 is 1.82. The van der Waals surface area contributed by atoms with Gasteiger partial charge in [0.05, 0.1) is 0 Å². The molecule has 102 valence electrons. The highest BCUT2D eigenvalue weighted by Gasteiger charge is 2.09. The number of fused-ring (bicyclic) bond motifs is 1. The molecule has 2 N–H and O–H groups in total. The third-order valence-electron chi connectivity index (χ3n) is 2.94. The number of imidazole rings is 1. The van der Waals surface area contributed by atoms with E-state index in [0.717, 1.165) is 24.3 Å². The zero-order valence-corrected chi connectivity index (χ0v) is 10.8. The van der Waals surface area contributed by atoms with Gasteiger partial charge >= 0.3 is 0 Å². The number of aromatic amines is 1. The maximum absolute atomic E-state index is 12.0. The number of rotatable bonds is 5. The number of aromatic nitrogens is 5. The number of nitrogens with zero attached hydrogens (tertiary/aromatic N) is 4. The maximum atomic E-state index is 12.0. The number of nitrogens with one attached hydrogen (secondary N) is 2. The second-order valence-corrected chi connectivity index (χ2v) is 4.38. The van der Waals surface area contributed by atoms with E-state index in [1.54, 1.807) is 6.20 Å². The summed E-state index contributed by atoms with van der Waals surface area (Å²) >= 11 is 0. The normalized spacial score (nSPS) is 10.8. The molecule has 0 spiro atoms. The van der Waals surface area contributed by atoms with Gasteiger partial charge in [0.25, 0.3) is 5.91 Å². The second kappa shape index (κ2) is 5.52. The summed E-state index contributed by atoms with van der Waals surface area (Å²) in [6.07, 6.45) is 6.62. The van der Waals surface area contributed by atoms with E-state index in [0.29, 0.717) is 12.2 Å². The van der Waals surface area contributed by atoms with Crippen LogP contribution in [0, 0.1) is 0 Å². The van der Waals surface area contributed by atoms with Crippen molar-refractivity contribution in [2.24, 2.45) is 0 Å². The number of amides is 1. The molecule has 0 saturated carbocycles. The molecule has 0 aliphatic carbocycles. The molecule has 7 heteroatoms. The van der Waals surface area contributed by atoms with E-state index in [1.807, 2.05) is 28.8 Å². The average molecular weight is 270 g/mol. The van der Waals surface area contributed by atoms with Crippen LogP contribution in [0.1, 0.15) is 22.7 Å². The number of aryl methyl sites for hydroxylation is 1. The first-order valence-corrected chi connectivity index (χ1v) is 6.39. The molecule has 7 nitrogen and oxygen atoms in total. The number of carbonyl (C=O) groups excluding carboxylic acids is 1. The fourth-order valence-electron chi connectivity index (χ4n) is 1.94. The highest BCUT2D eigenvalue weighted by atomic mass is 16.1. The zero-order valence-electron chi connectivity index (χ0n) is 10.8. The van der Waals surface area contributed by atoms with Crippen molar-refractivity contribution in [2.45, 2.75) is 12.8 Å². The molecular weight excluding hydrogens is 256 g/mol. The minimum absolute atomic E-state index is 0.161. The minimum atomic E-state index is -0.161. The van der Waals surface area contributed by atoms with Gasteiger partial charge in [0.2, 0.25) is 0 Å². The minimum Gasteiger partial charge on any atom is -0.351 e. The molecule has 0 radical (unpaired) electrons. The number of H-pyrrole nitrogens is 1. The van der Waals surface area contributed by atoms with Gasteiger partial charge < -0.3 is 9.72 Å². The lowest BCUT2D eigenvalue weighted by Crippen LogP contribution is -2.25. The molecule has 0 bridgehead atoms. The first kappa shape index (κ1) is 12.3. The topological polar surface area (TPSA) is 88.0 Å². The van der Waals surface area contributed by atoms with Gasteiger partial charge in [-0.1, -0.05) is 6.07 Å². The maximum Gasteiger partial charge on any atom is 0.271 e. The SMILES string of the molecule is O=C(NCCCc1ncn[nH]1)c1cn2ccccc2n1. The van der Waals surface area contributed by atoms with Crippen LogP contribution in [0.4, 0.5) is 0 Å². The monoisotopic (exact) mass is 270 g/mol. The molecule has 0 unspecified atom stereocenters. The fourth-order valence-corrected chi connectivity index (χ4v) is 1.94. The Balaban J connectivity index is 1.53. The number of hydrogen-bond donors (Lipinski definition) is 2. The van der Waals surface area contributed by atoms with Crippen LogP contribution in [0.15, 0.2) is 36.9 Å². The van der Waals surface area contributed by atoms with Gasteiger partial charge in [-0.15, -0.1) is 0 Å². The average Bonchev–Trinajstić information content (AvgIpc) is 3.12. The lowest BCUT2D eigenvalue weighted by Gasteiger charge is -2.01. The van der Waals surface area contributed by atoms with Crippen molar-refractivity contribution in [1.29, 1.82) is 0 Å². The molecular formula is C13H14N6O. The first-order chi connectivity index (χ1) is 9.83. The van der Waals surface area contributed by atoms with Crippen molar-refractivity contribution in [2.75, 3.05) is 6.54 Å². The Morgan fingerprint density at radius 3 is 3.15 bits per heavy atom. The van der Waals surface area contributed by atoms with E-state index in [-0.39, 0.29) is 5.91 Å². The highest BCUT2D eigenvalue weighted by Crippen LogP contribution is 2.04. The Morgan fingerprint density at radius 1 is 1.40 bits per heavy atom. The summed E-state index contributed by atoms with van der Waals surface area (Å²) in [6, 6.07) is 5.65. The lowest BCUT2D eigenvalue weighted by atomic mass is 10.3. The van der Waals surface area contributed by atoms with Crippen LogP contribution in [0.3, 0.4) is 0 Å². The van der Waals surface area contributed by atoms with Gasteiger partial charge in [-0.25, -0.2) is 9.97 Å². The van der Waals surface area contributed by atoms with E-state index in [4.69, 9.17) is 0 Å². The van der Waals surface area contributed by atoms with Crippen LogP contribution in [0.25, 0.3) is 5.65 Å². The van der Waals surface area contributed by atoms with Gasteiger partial charge in [0.15, 0.2) is 0 Å². The van der Waals surface area contributed by atoms with E-state index < -0.39 is 0 Å². The predicted octanol–water partition coefficient (Wildman–Crippen LogP) is 0.815. The van der Waals surface area contributed by atoms with E-state index in [9.17, 15) is 4.79 Å². The summed E-state index contributed by atoms with van der Waals surface area (Å²) in [6.45, 7) is 0.577. The van der Waals surface area contributed by atoms with Gasteiger partial charge in [0, 0.05) is 25.4 Å². The van der Waals surface area contributed by atoms with Crippen molar-refractivity contribution >= 4 is 11.6 Å². The van der Waals surface area contributed by atoms with E-state index in [2.05, 4.69) is 25.5 Å².